The van der Waals surface area contributed by atoms with Gasteiger partial charge in [-0.05, 0) is 94.0 Å². The second-order valence-electron chi connectivity index (χ2n) is 12.4. The summed E-state index contributed by atoms with van der Waals surface area (Å²) in [7, 11) is 0. The number of carboxylic acids is 1. The molecular weight excluding hydrogens is 452 g/mol. The number of aliphatic carboxylic acids is 1. The third-order valence-electron chi connectivity index (χ3n) is 11.0. The van der Waals surface area contributed by atoms with Gasteiger partial charge in [0.2, 0.25) is 0 Å². The molecule has 0 radical (unpaired) electrons. The highest BCUT2D eigenvalue weighted by molar-refractivity contribution is 5.85. The molecule has 0 saturated heterocycles. The van der Waals surface area contributed by atoms with Crippen molar-refractivity contribution < 1.29 is 39.5 Å². The molecule has 1 heterocycles. The van der Waals surface area contributed by atoms with Gasteiger partial charge in [0.05, 0.1) is 22.2 Å². The minimum Gasteiger partial charge on any atom is -0.550 e. The zero-order chi connectivity index (χ0) is 25.3. The molecule has 0 unspecified atom stereocenters. The quantitative estimate of drug-likeness (QED) is 0.373. The number of fused-ring (bicyclic) bond motifs is 5. The van der Waals surface area contributed by atoms with E-state index < -0.39 is 33.6 Å². The Morgan fingerprint density at radius 1 is 1.11 bits per heavy atom. The van der Waals surface area contributed by atoms with E-state index in [1.54, 1.807) is 6.08 Å². The fourth-order valence-electron chi connectivity index (χ4n) is 9.25. The minimum absolute atomic E-state index is 0.0413. The minimum atomic E-state index is -1.39. The molecule has 0 spiro atoms. The van der Waals surface area contributed by atoms with Crippen molar-refractivity contribution in [1.29, 1.82) is 0 Å². The first-order valence-corrected chi connectivity index (χ1v) is 13.1. The third kappa shape index (κ3) is 3.46. The molecule has 3 N–H and O–H groups in total. The van der Waals surface area contributed by atoms with Crippen molar-refractivity contribution >= 4 is 18.2 Å². The van der Waals surface area contributed by atoms with E-state index in [2.05, 4.69) is 6.92 Å². The van der Waals surface area contributed by atoms with Gasteiger partial charge in [0, 0.05) is 23.9 Å². The largest absolute Gasteiger partial charge is 0.550 e. The topological polar surface area (TPSA) is 144 Å². The van der Waals surface area contributed by atoms with Crippen LogP contribution in [0.25, 0.3) is 0 Å². The molecule has 0 bridgehead atoms. The molecule has 5 aliphatic rings. The second-order valence-corrected chi connectivity index (χ2v) is 12.4. The first kappa shape index (κ1) is 24.9. The van der Waals surface area contributed by atoms with Crippen LogP contribution in [-0.2, 0) is 19.1 Å². The second kappa shape index (κ2) is 8.12. The van der Waals surface area contributed by atoms with E-state index in [1.165, 1.54) is 0 Å². The van der Waals surface area contributed by atoms with Gasteiger partial charge in [0.1, 0.15) is 12.9 Å². The number of carboxylic acid groups (broad SMARTS) is 1. The summed E-state index contributed by atoms with van der Waals surface area (Å²) in [4.78, 5) is 35.4. The average Bonchev–Trinajstić information content (AvgIpc) is 3.32. The maximum atomic E-state index is 12.8. The highest BCUT2D eigenvalue weighted by Crippen LogP contribution is 2.70. The number of hydrogen-bond acceptors (Lipinski definition) is 8. The molecule has 0 aromatic rings. The van der Waals surface area contributed by atoms with E-state index in [0.29, 0.717) is 44.9 Å². The zero-order valence-electron chi connectivity index (χ0n) is 20.5. The van der Waals surface area contributed by atoms with Crippen LogP contribution in [0.5, 0.6) is 0 Å². The summed E-state index contributed by atoms with van der Waals surface area (Å²) in [6.45, 7) is 2.38. The van der Waals surface area contributed by atoms with Crippen molar-refractivity contribution in [3.8, 4) is 0 Å². The Labute approximate surface area is 205 Å². The van der Waals surface area contributed by atoms with Gasteiger partial charge in [-0.1, -0.05) is 6.92 Å². The van der Waals surface area contributed by atoms with Gasteiger partial charge in [-0.15, -0.1) is 0 Å². The molecule has 8 heteroatoms. The fraction of sp³-hybridized carbons (Fsp3) is 0.815. The highest BCUT2D eigenvalue weighted by atomic mass is 16.5. The Morgan fingerprint density at radius 2 is 1.86 bits per heavy atom. The van der Waals surface area contributed by atoms with Crippen LogP contribution in [0, 0.1) is 28.6 Å². The van der Waals surface area contributed by atoms with Crippen molar-refractivity contribution in [2.75, 3.05) is 6.61 Å². The van der Waals surface area contributed by atoms with Gasteiger partial charge < -0.3 is 34.8 Å². The Morgan fingerprint density at radius 3 is 2.51 bits per heavy atom. The third-order valence-corrected chi connectivity index (χ3v) is 11.0. The van der Waals surface area contributed by atoms with Crippen LogP contribution in [0.15, 0.2) is 11.6 Å². The predicted octanol–water partition coefficient (Wildman–Crippen LogP) is 1.19. The van der Waals surface area contributed by atoms with E-state index in [4.69, 9.17) is 4.74 Å². The van der Waals surface area contributed by atoms with Crippen molar-refractivity contribution in [3.05, 3.63) is 11.6 Å². The highest BCUT2D eigenvalue weighted by Gasteiger charge is 2.72. The van der Waals surface area contributed by atoms with E-state index in [-0.39, 0.29) is 56.0 Å². The molecule has 194 valence electrons. The SMILES string of the molecule is C[C@]12CC[C@H]3[C@@H](CC[C@]4(O)C[C@](O)(CCCC(=O)[O-])CC[C@]34C=O)[C@@]1(O)CC[C@@H]2C1=CC(=O)OC1. The predicted molar refractivity (Wildman–Crippen MR) is 121 cm³/mol. The summed E-state index contributed by atoms with van der Waals surface area (Å²) < 4.78 is 5.17. The number of carbonyl (C=O) groups is 3. The first-order valence-electron chi connectivity index (χ1n) is 13.1. The molecule has 0 aromatic heterocycles. The van der Waals surface area contributed by atoms with Gasteiger partial charge >= 0.3 is 5.97 Å². The van der Waals surface area contributed by atoms with Crippen LogP contribution in [0.4, 0.5) is 0 Å². The number of aldehydes is 1. The molecule has 8 atom stereocenters. The summed E-state index contributed by atoms with van der Waals surface area (Å²) in [5.41, 5.74) is -4.15. The lowest BCUT2D eigenvalue weighted by Gasteiger charge is -2.66. The monoisotopic (exact) mass is 489 g/mol. The smallest absolute Gasteiger partial charge is 0.331 e. The summed E-state index contributed by atoms with van der Waals surface area (Å²) in [6.07, 6.45) is 7.08. The number of aliphatic hydroxyl groups is 3. The molecule has 0 aromatic carbocycles. The fourth-order valence-corrected chi connectivity index (χ4v) is 9.25. The number of esters is 1. The number of cyclic esters (lactones) is 1. The molecule has 4 fully saturated rings. The lowest BCUT2D eigenvalue weighted by Crippen LogP contribution is -2.70. The summed E-state index contributed by atoms with van der Waals surface area (Å²) in [5, 5.41) is 46.2. The Balaban J connectivity index is 1.41. The van der Waals surface area contributed by atoms with E-state index in [9.17, 15) is 34.8 Å². The van der Waals surface area contributed by atoms with Crippen molar-refractivity contribution in [3.63, 3.8) is 0 Å². The van der Waals surface area contributed by atoms with Gasteiger partial charge in [-0.2, -0.15) is 0 Å². The van der Waals surface area contributed by atoms with E-state index in [0.717, 1.165) is 18.3 Å². The molecule has 0 amide bonds. The van der Waals surface area contributed by atoms with Crippen LogP contribution in [-0.4, -0.2) is 57.0 Å². The average molecular weight is 490 g/mol. The van der Waals surface area contributed by atoms with Crippen LogP contribution < -0.4 is 5.11 Å². The lowest BCUT2D eigenvalue weighted by molar-refractivity contribution is -0.306. The molecule has 8 nitrogen and oxygen atoms in total. The molecule has 4 aliphatic carbocycles. The maximum absolute atomic E-state index is 12.8. The van der Waals surface area contributed by atoms with Gasteiger partial charge in [-0.25, -0.2) is 4.79 Å². The number of hydrogen-bond donors (Lipinski definition) is 3. The molecular formula is C27H37O8-. The van der Waals surface area contributed by atoms with Gasteiger partial charge in [-0.3, -0.25) is 0 Å². The standard InChI is InChI=1S/C27H38O8/c1-23-8-4-19-20(27(23,34)10-6-18(23)17-13-22(31)35-14-17)5-9-26(33)15-24(32,7-2-3-21(29)30)11-12-25(19,26)16-28/h13,16,18-20,32-34H,2-12,14-15H2,1H3,(H,29,30)/p-1/t18-,19+,20-,23-,24+,25+,26+,27+/m1/s1. The van der Waals surface area contributed by atoms with Crippen molar-refractivity contribution in [1.82, 2.24) is 0 Å². The summed E-state index contributed by atoms with van der Waals surface area (Å²) in [5.74, 6) is -1.79. The zero-order valence-corrected chi connectivity index (χ0v) is 20.5. The number of ether oxygens (including phenoxy) is 1. The van der Waals surface area contributed by atoms with Crippen LogP contribution in [0.1, 0.15) is 84.0 Å². The number of carbonyl (C=O) groups excluding carboxylic acids is 3. The molecule has 35 heavy (non-hydrogen) atoms. The van der Waals surface area contributed by atoms with E-state index in [1.807, 2.05) is 0 Å². The van der Waals surface area contributed by atoms with E-state index >= 15 is 0 Å². The summed E-state index contributed by atoms with van der Waals surface area (Å²) >= 11 is 0. The Bertz CT molecular complexity index is 961. The van der Waals surface area contributed by atoms with Crippen LogP contribution in [0.3, 0.4) is 0 Å². The number of rotatable bonds is 6. The maximum Gasteiger partial charge on any atom is 0.331 e. The van der Waals surface area contributed by atoms with Crippen molar-refractivity contribution in [2.24, 2.45) is 28.6 Å². The molecule has 4 saturated carbocycles. The summed E-state index contributed by atoms with van der Waals surface area (Å²) in [6, 6.07) is 0. The Hall–Kier alpha value is -1.77. The van der Waals surface area contributed by atoms with Crippen LogP contribution >= 0.6 is 0 Å². The molecule has 5 rings (SSSR count). The molecule has 1 aliphatic heterocycles. The van der Waals surface area contributed by atoms with Gasteiger partial charge in [0.25, 0.3) is 0 Å². The van der Waals surface area contributed by atoms with Crippen LogP contribution in [0.2, 0.25) is 0 Å². The normalized spacial score (nSPS) is 48.9. The first-order chi connectivity index (χ1) is 16.4. The Kier molecular flexibility index (Phi) is 5.78. The van der Waals surface area contributed by atoms with Crippen molar-refractivity contribution in [2.45, 2.75) is 101 Å². The lowest BCUT2D eigenvalue weighted by atomic mass is 9.41. The van der Waals surface area contributed by atoms with Gasteiger partial charge in [0.15, 0.2) is 0 Å².